The molecule has 0 atom stereocenters. The summed E-state index contributed by atoms with van der Waals surface area (Å²) in [7, 11) is 0. The Bertz CT molecular complexity index is 648. The Morgan fingerprint density at radius 2 is 0.677 bits per heavy atom. The number of allylic oxidation sites excluding steroid dienone is 1. The summed E-state index contributed by atoms with van der Waals surface area (Å²) in [6.07, 6.45) is -19.7. The molecule has 0 saturated heterocycles. The molecule has 19 heteroatoms. The maximum atomic E-state index is 13.3. The van der Waals surface area contributed by atoms with E-state index < -0.39 is 66.1 Å². The van der Waals surface area contributed by atoms with E-state index in [1.54, 1.807) is 0 Å². The van der Waals surface area contributed by atoms with Crippen LogP contribution < -0.4 is 0 Å². The van der Waals surface area contributed by atoms with Gasteiger partial charge in [-0.15, -0.1) is 6.58 Å². The van der Waals surface area contributed by atoms with E-state index in [9.17, 15) is 83.4 Å². The summed E-state index contributed by atoms with van der Waals surface area (Å²) in [5, 5.41) is 0. The molecule has 0 bridgehead atoms. The van der Waals surface area contributed by atoms with E-state index in [2.05, 4.69) is 6.58 Å². The molecule has 0 heterocycles. The molecule has 0 aliphatic heterocycles. The largest absolute Gasteiger partial charge is 0.438 e. The molecular weight excluding hydrogens is 505 g/mol. The fraction of sp³-hybridized carbons (Fsp3) is 0.833. The van der Waals surface area contributed by atoms with E-state index >= 15 is 0 Å². The maximum absolute atomic E-state index is 13.3. The average Bonchev–Trinajstić information content (AvgIpc) is 2.50. The molecule has 186 valence electrons. The lowest BCUT2D eigenvalue weighted by Gasteiger charge is -2.45. The third kappa shape index (κ3) is 3.58. The van der Waals surface area contributed by atoms with Crippen LogP contribution in [0.25, 0.3) is 0 Å². The zero-order chi connectivity index (χ0) is 25.9. The van der Waals surface area contributed by atoms with Gasteiger partial charge in [0.2, 0.25) is 0 Å². The first-order valence-electron chi connectivity index (χ1n) is 6.76. The minimum atomic E-state index is -8.98. The molecule has 0 amide bonds. The van der Waals surface area contributed by atoms with E-state index in [4.69, 9.17) is 0 Å². The Kier molecular flexibility index (Phi) is 6.84. The quantitative estimate of drug-likeness (QED) is 0.239. The van der Waals surface area contributed by atoms with Crippen molar-refractivity contribution >= 4 is 0 Å². The van der Waals surface area contributed by atoms with Crippen LogP contribution in [-0.2, 0) is 0 Å². The standard InChI is InChI=1S/C12H5F19/c1-2-3-4(13,14)6(16,17)8(20,21)10(24,25)9(22,23)7(18,19)5(15,11(26,27)28)12(29,30)31/h2H,1,3H2. The molecule has 0 saturated carbocycles. The van der Waals surface area contributed by atoms with Gasteiger partial charge in [0.1, 0.15) is 0 Å². The molecule has 0 aromatic heterocycles. The van der Waals surface area contributed by atoms with Crippen LogP contribution in [0.15, 0.2) is 12.7 Å². The zero-order valence-electron chi connectivity index (χ0n) is 13.7. The second-order valence-corrected chi connectivity index (χ2v) is 5.72. The van der Waals surface area contributed by atoms with Gasteiger partial charge in [0.25, 0.3) is 0 Å². The lowest BCUT2D eigenvalue weighted by Crippen LogP contribution is -2.77. The number of hydrogen-bond donors (Lipinski definition) is 0. The van der Waals surface area contributed by atoms with Crippen molar-refractivity contribution in [2.24, 2.45) is 0 Å². The Labute approximate surface area is 157 Å². The van der Waals surface area contributed by atoms with Gasteiger partial charge in [-0.2, -0.15) is 79.0 Å². The third-order valence-electron chi connectivity index (χ3n) is 3.65. The van der Waals surface area contributed by atoms with Crippen LogP contribution >= 0.6 is 0 Å². The normalized spacial score (nSPS) is 16.5. The number of hydrogen-bond acceptors (Lipinski definition) is 0. The Morgan fingerprint density at radius 1 is 0.419 bits per heavy atom. The van der Waals surface area contributed by atoms with Crippen LogP contribution in [0.5, 0.6) is 0 Å². The highest BCUT2D eigenvalue weighted by atomic mass is 19.4. The van der Waals surface area contributed by atoms with Crippen molar-refractivity contribution in [2.45, 2.75) is 60.0 Å². The molecule has 0 aromatic carbocycles. The SMILES string of the molecule is C=CCC(F)(F)C(F)(F)C(F)(F)C(F)(F)C(F)(F)C(F)(F)C(F)(C(F)(F)F)C(F)(F)F. The Morgan fingerprint density at radius 3 is 0.935 bits per heavy atom. The van der Waals surface area contributed by atoms with Crippen LogP contribution in [-0.4, -0.2) is 53.6 Å². The monoisotopic (exact) mass is 510 g/mol. The molecule has 31 heavy (non-hydrogen) atoms. The molecule has 0 aromatic rings. The summed E-state index contributed by atoms with van der Waals surface area (Å²) in [6, 6.07) is 0. The molecule has 0 fully saturated rings. The first kappa shape index (κ1) is 29.4. The number of rotatable bonds is 8. The number of alkyl halides is 19. The summed E-state index contributed by atoms with van der Waals surface area (Å²) < 4.78 is 245. The summed E-state index contributed by atoms with van der Waals surface area (Å²) in [6.45, 7) is 2.26. The van der Waals surface area contributed by atoms with Crippen molar-refractivity contribution in [1.82, 2.24) is 0 Å². The van der Waals surface area contributed by atoms with Crippen LogP contribution in [0, 0.1) is 0 Å². The second-order valence-electron chi connectivity index (χ2n) is 5.72. The first-order valence-corrected chi connectivity index (χ1v) is 6.76. The highest BCUT2D eigenvalue weighted by molar-refractivity contribution is 5.19. The minimum absolute atomic E-state index is 0.394. The van der Waals surface area contributed by atoms with Gasteiger partial charge in [0, 0.05) is 6.42 Å². The summed E-state index contributed by atoms with van der Waals surface area (Å²) in [5.74, 6) is -49.5. The average molecular weight is 510 g/mol. The van der Waals surface area contributed by atoms with E-state index in [1.807, 2.05) is 0 Å². The van der Waals surface area contributed by atoms with Gasteiger partial charge in [-0.25, -0.2) is 4.39 Å². The van der Waals surface area contributed by atoms with E-state index in [1.165, 1.54) is 0 Å². The Balaban J connectivity index is 7.07. The fourth-order valence-electron chi connectivity index (χ4n) is 1.86. The van der Waals surface area contributed by atoms with Crippen molar-refractivity contribution < 1.29 is 83.4 Å². The molecular formula is C12H5F19. The van der Waals surface area contributed by atoms with E-state index in [-0.39, 0.29) is 0 Å². The Hall–Kier alpha value is -1.59. The summed E-state index contributed by atoms with van der Waals surface area (Å²) >= 11 is 0. The number of halogens is 19. The molecule has 0 rings (SSSR count). The van der Waals surface area contributed by atoms with Gasteiger partial charge in [0.05, 0.1) is 0 Å². The molecule has 0 unspecified atom stereocenters. The van der Waals surface area contributed by atoms with Crippen LogP contribution in [0.4, 0.5) is 83.4 Å². The zero-order valence-corrected chi connectivity index (χ0v) is 13.7. The lowest BCUT2D eigenvalue weighted by atomic mass is 9.83. The predicted molar refractivity (Wildman–Crippen MR) is 60.4 cm³/mol. The van der Waals surface area contributed by atoms with Gasteiger partial charge >= 0.3 is 53.6 Å². The molecule has 0 radical (unpaired) electrons. The van der Waals surface area contributed by atoms with Crippen molar-refractivity contribution in [3.8, 4) is 0 Å². The van der Waals surface area contributed by atoms with E-state index in [0.717, 1.165) is 0 Å². The molecule has 0 spiro atoms. The van der Waals surface area contributed by atoms with Crippen LogP contribution in [0.3, 0.4) is 0 Å². The predicted octanol–water partition coefficient (Wildman–Crippen LogP) is 7.21. The summed E-state index contributed by atoms with van der Waals surface area (Å²) in [5.41, 5.74) is -8.71. The smallest absolute Gasteiger partial charge is 0.216 e. The van der Waals surface area contributed by atoms with Crippen molar-refractivity contribution in [3.63, 3.8) is 0 Å². The minimum Gasteiger partial charge on any atom is -0.216 e. The van der Waals surface area contributed by atoms with Gasteiger partial charge in [-0.05, 0) is 0 Å². The van der Waals surface area contributed by atoms with Crippen LogP contribution in [0.2, 0.25) is 0 Å². The van der Waals surface area contributed by atoms with Crippen molar-refractivity contribution in [1.29, 1.82) is 0 Å². The van der Waals surface area contributed by atoms with Crippen molar-refractivity contribution in [2.75, 3.05) is 0 Å². The van der Waals surface area contributed by atoms with Gasteiger partial charge in [-0.1, -0.05) is 6.08 Å². The molecule has 0 N–H and O–H groups in total. The fourth-order valence-corrected chi connectivity index (χ4v) is 1.86. The molecule has 0 aliphatic rings. The van der Waals surface area contributed by atoms with Gasteiger partial charge in [-0.3, -0.25) is 0 Å². The van der Waals surface area contributed by atoms with Crippen molar-refractivity contribution in [3.05, 3.63) is 12.7 Å². The molecule has 0 aliphatic carbocycles. The first-order chi connectivity index (χ1) is 13.1. The van der Waals surface area contributed by atoms with E-state index in [0.29, 0.717) is 0 Å². The highest BCUT2D eigenvalue weighted by Gasteiger charge is 2.98. The second kappa shape index (κ2) is 7.21. The topological polar surface area (TPSA) is 0 Å². The van der Waals surface area contributed by atoms with Crippen LogP contribution in [0.1, 0.15) is 6.42 Å². The maximum Gasteiger partial charge on any atom is 0.438 e. The molecule has 0 nitrogen and oxygen atoms in total. The van der Waals surface area contributed by atoms with Gasteiger partial charge < -0.3 is 0 Å². The highest BCUT2D eigenvalue weighted by Crippen LogP contribution is 2.66. The third-order valence-corrected chi connectivity index (χ3v) is 3.65. The lowest BCUT2D eigenvalue weighted by molar-refractivity contribution is -0.472. The van der Waals surface area contributed by atoms with Gasteiger partial charge in [0.15, 0.2) is 0 Å². The summed E-state index contributed by atoms with van der Waals surface area (Å²) in [4.78, 5) is 0.